The van der Waals surface area contributed by atoms with Crippen LogP contribution in [0.25, 0.3) is 0 Å². The van der Waals surface area contributed by atoms with E-state index in [0.29, 0.717) is 0 Å². The molecule has 0 aromatic rings. The summed E-state index contributed by atoms with van der Waals surface area (Å²) in [5, 5.41) is 9.06. The molecule has 1 fully saturated rings. The zero-order chi connectivity index (χ0) is 9.03. The van der Waals surface area contributed by atoms with Gasteiger partial charge in [-0.05, 0) is 38.0 Å². The van der Waals surface area contributed by atoms with Crippen molar-refractivity contribution < 1.29 is 0 Å². The summed E-state index contributed by atoms with van der Waals surface area (Å²) < 4.78 is 0. The SMILES string of the molecule is C=CCC1(C#N)CCC(C)CC1. The van der Waals surface area contributed by atoms with Crippen LogP contribution in [0.2, 0.25) is 0 Å². The van der Waals surface area contributed by atoms with E-state index < -0.39 is 0 Å². The number of hydrogen-bond donors (Lipinski definition) is 0. The Morgan fingerprint density at radius 1 is 1.58 bits per heavy atom. The summed E-state index contributed by atoms with van der Waals surface area (Å²) in [6.07, 6.45) is 7.31. The Kier molecular flexibility index (Phi) is 2.92. The highest BCUT2D eigenvalue weighted by atomic mass is 14.4. The van der Waals surface area contributed by atoms with Gasteiger partial charge in [-0.3, -0.25) is 0 Å². The molecule has 1 heteroatoms. The molecule has 0 spiro atoms. The molecular weight excluding hydrogens is 146 g/mol. The van der Waals surface area contributed by atoms with E-state index in [1.54, 1.807) is 0 Å². The van der Waals surface area contributed by atoms with E-state index >= 15 is 0 Å². The number of hydrogen-bond acceptors (Lipinski definition) is 1. The smallest absolute Gasteiger partial charge is 0.0693 e. The van der Waals surface area contributed by atoms with Crippen LogP contribution in [0, 0.1) is 22.7 Å². The molecule has 66 valence electrons. The molecule has 0 bridgehead atoms. The predicted molar refractivity (Wildman–Crippen MR) is 50.5 cm³/mol. The molecule has 0 aromatic heterocycles. The quantitative estimate of drug-likeness (QED) is 0.573. The van der Waals surface area contributed by atoms with Crippen LogP contribution in [0.5, 0.6) is 0 Å². The van der Waals surface area contributed by atoms with Crippen LogP contribution < -0.4 is 0 Å². The molecule has 0 amide bonds. The Morgan fingerprint density at radius 2 is 2.17 bits per heavy atom. The lowest BCUT2D eigenvalue weighted by atomic mass is 9.70. The molecule has 0 saturated heterocycles. The first-order valence-corrected chi connectivity index (χ1v) is 4.74. The molecule has 0 heterocycles. The van der Waals surface area contributed by atoms with Crippen molar-refractivity contribution in [1.29, 1.82) is 5.26 Å². The van der Waals surface area contributed by atoms with Gasteiger partial charge in [-0.15, -0.1) is 6.58 Å². The molecule has 0 N–H and O–H groups in total. The van der Waals surface area contributed by atoms with Gasteiger partial charge in [0.05, 0.1) is 11.5 Å². The lowest BCUT2D eigenvalue weighted by Gasteiger charge is -2.32. The summed E-state index contributed by atoms with van der Waals surface area (Å²) >= 11 is 0. The Morgan fingerprint density at radius 3 is 2.58 bits per heavy atom. The van der Waals surface area contributed by atoms with Gasteiger partial charge in [0.15, 0.2) is 0 Å². The van der Waals surface area contributed by atoms with E-state index in [9.17, 15) is 0 Å². The van der Waals surface area contributed by atoms with E-state index in [4.69, 9.17) is 5.26 Å². The summed E-state index contributed by atoms with van der Waals surface area (Å²) in [4.78, 5) is 0. The first-order chi connectivity index (χ1) is 5.72. The highest BCUT2D eigenvalue weighted by Gasteiger charge is 2.32. The summed E-state index contributed by atoms with van der Waals surface area (Å²) in [7, 11) is 0. The molecule has 0 unspecified atom stereocenters. The van der Waals surface area contributed by atoms with Gasteiger partial charge in [-0.25, -0.2) is 0 Å². The molecule has 0 aromatic carbocycles. The van der Waals surface area contributed by atoms with Gasteiger partial charge in [0, 0.05) is 0 Å². The maximum atomic E-state index is 9.06. The van der Waals surface area contributed by atoms with Gasteiger partial charge in [-0.2, -0.15) is 5.26 Å². The Bertz CT molecular complexity index is 192. The van der Waals surface area contributed by atoms with Crippen LogP contribution in [-0.4, -0.2) is 0 Å². The normalized spacial score (nSPS) is 35.5. The Hall–Kier alpha value is -0.770. The first kappa shape index (κ1) is 9.32. The van der Waals surface area contributed by atoms with Crippen LogP contribution in [-0.2, 0) is 0 Å². The second-order valence-electron chi connectivity index (χ2n) is 4.07. The number of rotatable bonds is 2. The topological polar surface area (TPSA) is 23.8 Å². The summed E-state index contributed by atoms with van der Waals surface area (Å²) in [5.41, 5.74) is -0.0612. The van der Waals surface area contributed by atoms with E-state index in [2.05, 4.69) is 19.6 Å². The Labute approximate surface area is 75.1 Å². The van der Waals surface area contributed by atoms with Crippen molar-refractivity contribution in [2.24, 2.45) is 11.3 Å². The third-order valence-corrected chi connectivity index (χ3v) is 3.00. The molecule has 1 aliphatic carbocycles. The number of nitrogens with zero attached hydrogens (tertiary/aromatic N) is 1. The minimum atomic E-state index is -0.0612. The molecule has 1 aliphatic rings. The lowest BCUT2D eigenvalue weighted by molar-refractivity contribution is 0.222. The summed E-state index contributed by atoms with van der Waals surface area (Å²) in [6, 6.07) is 2.47. The van der Waals surface area contributed by atoms with E-state index in [0.717, 1.165) is 25.2 Å². The number of nitriles is 1. The van der Waals surface area contributed by atoms with Crippen LogP contribution in [0.1, 0.15) is 39.0 Å². The van der Waals surface area contributed by atoms with Crippen molar-refractivity contribution in [1.82, 2.24) is 0 Å². The fourth-order valence-corrected chi connectivity index (χ4v) is 1.95. The molecule has 12 heavy (non-hydrogen) atoms. The van der Waals surface area contributed by atoms with Gasteiger partial charge >= 0.3 is 0 Å². The standard InChI is InChI=1S/C11H17N/c1-3-6-11(9-12)7-4-10(2)5-8-11/h3,10H,1,4-8H2,2H3. The van der Waals surface area contributed by atoms with E-state index in [-0.39, 0.29) is 5.41 Å². The zero-order valence-electron chi connectivity index (χ0n) is 7.84. The fourth-order valence-electron chi connectivity index (χ4n) is 1.95. The molecule has 1 saturated carbocycles. The van der Waals surface area contributed by atoms with Crippen LogP contribution in [0.15, 0.2) is 12.7 Å². The highest BCUT2D eigenvalue weighted by Crippen LogP contribution is 2.40. The van der Waals surface area contributed by atoms with Crippen LogP contribution >= 0.6 is 0 Å². The van der Waals surface area contributed by atoms with Crippen molar-refractivity contribution in [2.75, 3.05) is 0 Å². The third-order valence-electron chi connectivity index (χ3n) is 3.00. The maximum Gasteiger partial charge on any atom is 0.0693 e. The first-order valence-electron chi connectivity index (χ1n) is 4.74. The van der Waals surface area contributed by atoms with E-state index in [1.165, 1.54) is 12.8 Å². The van der Waals surface area contributed by atoms with Crippen molar-refractivity contribution in [2.45, 2.75) is 39.0 Å². The zero-order valence-corrected chi connectivity index (χ0v) is 7.84. The van der Waals surface area contributed by atoms with Gasteiger partial charge in [0.25, 0.3) is 0 Å². The largest absolute Gasteiger partial charge is 0.198 e. The third kappa shape index (κ3) is 1.88. The monoisotopic (exact) mass is 163 g/mol. The van der Waals surface area contributed by atoms with Gasteiger partial charge in [-0.1, -0.05) is 13.0 Å². The van der Waals surface area contributed by atoms with Crippen molar-refractivity contribution in [3.05, 3.63) is 12.7 Å². The van der Waals surface area contributed by atoms with Crippen molar-refractivity contribution >= 4 is 0 Å². The van der Waals surface area contributed by atoms with Crippen molar-refractivity contribution in [3.63, 3.8) is 0 Å². The minimum Gasteiger partial charge on any atom is -0.198 e. The van der Waals surface area contributed by atoms with Crippen LogP contribution in [0.4, 0.5) is 0 Å². The van der Waals surface area contributed by atoms with Gasteiger partial charge in [0.2, 0.25) is 0 Å². The van der Waals surface area contributed by atoms with Gasteiger partial charge in [0.1, 0.15) is 0 Å². The summed E-state index contributed by atoms with van der Waals surface area (Å²) in [5.74, 6) is 0.816. The molecule has 0 atom stereocenters. The minimum absolute atomic E-state index is 0.0612. The molecular formula is C11H17N. The molecule has 1 nitrogen and oxygen atoms in total. The highest BCUT2D eigenvalue weighted by molar-refractivity contribution is 5.04. The van der Waals surface area contributed by atoms with Gasteiger partial charge < -0.3 is 0 Å². The second kappa shape index (κ2) is 3.76. The fraction of sp³-hybridized carbons (Fsp3) is 0.727. The maximum absolute atomic E-state index is 9.06. The molecule has 1 rings (SSSR count). The average Bonchev–Trinajstić information content (AvgIpc) is 2.10. The molecule has 0 aliphatic heterocycles. The molecule has 0 radical (unpaired) electrons. The summed E-state index contributed by atoms with van der Waals surface area (Å²) in [6.45, 7) is 5.99. The van der Waals surface area contributed by atoms with E-state index in [1.807, 2.05) is 6.08 Å². The Balaban J connectivity index is 2.58. The van der Waals surface area contributed by atoms with Crippen LogP contribution in [0.3, 0.4) is 0 Å². The lowest BCUT2D eigenvalue weighted by Crippen LogP contribution is -2.24. The second-order valence-corrected chi connectivity index (χ2v) is 4.07. The predicted octanol–water partition coefficient (Wildman–Crippen LogP) is 3.28. The number of allylic oxidation sites excluding steroid dienone is 1. The van der Waals surface area contributed by atoms with Crippen molar-refractivity contribution in [3.8, 4) is 6.07 Å². The average molecular weight is 163 g/mol.